The summed E-state index contributed by atoms with van der Waals surface area (Å²) < 4.78 is 0. The third-order valence-electron chi connectivity index (χ3n) is 1.67. The van der Waals surface area contributed by atoms with Crippen molar-refractivity contribution in [3.63, 3.8) is 0 Å². The molecule has 1 aromatic rings. The predicted octanol–water partition coefficient (Wildman–Crippen LogP) is 2.87. The molecule has 0 aliphatic carbocycles. The molecular weight excluding hydrogens is 184 g/mol. The third kappa shape index (κ3) is 2.74. The second kappa shape index (κ2) is 4.28. The second-order valence-corrected chi connectivity index (χ2v) is 3.50. The van der Waals surface area contributed by atoms with Crippen LogP contribution in [0.15, 0.2) is 23.2 Å². The molecule has 0 aliphatic heterocycles. The lowest BCUT2D eigenvalue weighted by atomic mass is 10.2. The van der Waals surface area contributed by atoms with E-state index in [4.69, 9.17) is 11.6 Å². The molecule has 0 amide bonds. The van der Waals surface area contributed by atoms with Gasteiger partial charge in [0.05, 0.1) is 12.0 Å². The van der Waals surface area contributed by atoms with Crippen LogP contribution >= 0.6 is 11.6 Å². The van der Waals surface area contributed by atoms with E-state index in [0.717, 1.165) is 16.3 Å². The highest BCUT2D eigenvalue weighted by atomic mass is 35.5. The van der Waals surface area contributed by atoms with E-state index in [1.54, 1.807) is 6.34 Å². The summed E-state index contributed by atoms with van der Waals surface area (Å²) in [4.78, 5) is 6.17. The van der Waals surface area contributed by atoms with Crippen LogP contribution < -0.4 is 0 Å². The SMILES string of the molecule is Cc1c(Cl)cccc1N=CN(C)C. The fourth-order valence-electron chi connectivity index (χ4n) is 0.914. The van der Waals surface area contributed by atoms with Gasteiger partial charge in [-0.2, -0.15) is 0 Å². The number of benzene rings is 1. The summed E-state index contributed by atoms with van der Waals surface area (Å²) in [6.45, 7) is 1.96. The minimum absolute atomic E-state index is 0.758. The maximum absolute atomic E-state index is 5.94. The molecule has 13 heavy (non-hydrogen) atoms. The van der Waals surface area contributed by atoms with Gasteiger partial charge in [0.15, 0.2) is 0 Å². The molecule has 0 unspecified atom stereocenters. The molecule has 0 aromatic heterocycles. The van der Waals surface area contributed by atoms with Crippen molar-refractivity contribution in [2.24, 2.45) is 4.99 Å². The number of halogens is 1. The Labute approximate surface area is 83.8 Å². The van der Waals surface area contributed by atoms with Crippen LogP contribution in [0, 0.1) is 6.92 Å². The van der Waals surface area contributed by atoms with Gasteiger partial charge in [0.25, 0.3) is 0 Å². The van der Waals surface area contributed by atoms with Gasteiger partial charge in [-0.3, -0.25) is 0 Å². The van der Waals surface area contributed by atoms with E-state index in [1.807, 2.05) is 44.1 Å². The molecule has 0 radical (unpaired) electrons. The van der Waals surface area contributed by atoms with Crippen molar-refractivity contribution in [3.8, 4) is 0 Å². The number of aliphatic imine (C=N–C) groups is 1. The molecule has 0 heterocycles. The molecule has 0 N–H and O–H groups in total. The van der Waals surface area contributed by atoms with Crippen molar-refractivity contribution in [1.82, 2.24) is 4.90 Å². The molecule has 70 valence electrons. The zero-order chi connectivity index (χ0) is 9.84. The van der Waals surface area contributed by atoms with Gasteiger partial charge in [-0.15, -0.1) is 0 Å². The second-order valence-electron chi connectivity index (χ2n) is 3.09. The Morgan fingerprint density at radius 2 is 2.08 bits per heavy atom. The lowest BCUT2D eigenvalue weighted by molar-refractivity contribution is 0.643. The average molecular weight is 197 g/mol. The molecule has 3 heteroatoms. The summed E-state index contributed by atoms with van der Waals surface area (Å²) in [6.07, 6.45) is 1.76. The van der Waals surface area contributed by atoms with Crippen molar-refractivity contribution < 1.29 is 0 Å². The lowest BCUT2D eigenvalue weighted by Crippen LogP contribution is -2.07. The molecule has 1 aromatic carbocycles. The Hall–Kier alpha value is -1.02. The van der Waals surface area contributed by atoms with Gasteiger partial charge in [0.1, 0.15) is 0 Å². The van der Waals surface area contributed by atoms with Gasteiger partial charge in [-0.1, -0.05) is 17.7 Å². The highest BCUT2D eigenvalue weighted by Crippen LogP contribution is 2.24. The minimum atomic E-state index is 0.758. The Kier molecular flexibility index (Phi) is 3.32. The Morgan fingerprint density at radius 1 is 1.38 bits per heavy atom. The normalized spacial score (nSPS) is 10.8. The summed E-state index contributed by atoms with van der Waals surface area (Å²) >= 11 is 5.94. The van der Waals surface area contributed by atoms with Crippen LogP contribution in [0.25, 0.3) is 0 Å². The van der Waals surface area contributed by atoms with E-state index in [9.17, 15) is 0 Å². The van der Waals surface area contributed by atoms with Crippen LogP contribution in [0.5, 0.6) is 0 Å². The Bertz CT molecular complexity index is 319. The van der Waals surface area contributed by atoms with Gasteiger partial charge < -0.3 is 4.90 Å². The minimum Gasteiger partial charge on any atom is -0.369 e. The number of nitrogens with zero attached hydrogens (tertiary/aromatic N) is 2. The summed E-state index contributed by atoms with van der Waals surface area (Å²) in [7, 11) is 3.87. The van der Waals surface area contributed by atoms with Crippen molar-refractivity contribution in [2.75, 3.05) is 14.1 Å². The summed E-state index contributed by atoms with van der Waals surface area (Å²) in [6, 6.07) is 5.71. The quantitative estimate of drug-likeness (QED) is 0.525. The maximum atomic E-state index is 5.94. The molecule has 2 nitrogen and oxygen atoms in total. The van der Waals surface area contributed by atoms with Gasteiger partial charge in [-0.25, -0.2) is 4.99 Å². The fraction of sp³-hybridized carbons (Fsp3) is 0.300. The molecule has 0 saturated carbocycles. The zero-order valence-corrected chi connectivity index (χ0v) is 8.84. The van der Waals surface area contributed by atoms with Crippen LogP contribution in [-0.4, -0.2) is 25.3 Å². The summed E-state index contributed by atoms with van der Waals surface area (Å²) in [5.74, 6) is 0. The van der Waals surface area contributed by atoms with Gasteiger partial charge in [0.2, 0.25) is 0 Å². The molecule has 0 bridgehead atoms. The molecule has 0 spiro atoms. The van der Waals surface area contributed by atoms with E-state index in [-0.39, 0.29) is 0 Å². The Balaban J connectivity index is 2.95. The number of hydrogen-bond donors (Lipinski definition) is 0. The fourth-order valence-corrected chi connectivity index (χ4v) is 1.08. The van der Waals surface area contributed by atoms with Crippen LogP contribution in [-0.2, 0) is 0 Å². The zero-order valence-electron chi connectivity index (χ0n) is 8.08. The molecular formula is C10H13ClN2. The van der Waals surface area contributed by atoms with Gasteiger partial charge >= 0.3 is 0 Å². The van der Waals surface area contributed by atoms with Crippen molar-refractivity contribution in [3.05, 3.63) is 28.8 Å². The smallest absolute Gasteiger partial charge is 0.0907 e. The summed E-state index contributed by atoms with van der Waals surface area (Å²) in [5.41, 5.74) is 1.93. The number of hydrogen-bond acceptors (Lipinski definition) is 1. The predicted molar refractivity (Wildman–Crippen MR) is 58.0 cm³/mol. The van der Waals surface area contributed by atoms with Crippen molar-refractivity contribution >= 4 is 23.6 Å². The first-order valence-electron chi connectivity index (χ1n) is 4.07. The molecule has 0 fully saturated rings. The first-order chi connectivity index (χ1) is 6.11. The van der Waals surface area contributed by atoms with E-state index < -0.39 is 0 Å². The van der Waals surface area contributed by atoms with E-state index in [2.05, 4.69) is 4.99 Å². The van der Waals surface area contributed by atoms with Crippen molar-refractivity contribution in [1.29, 1.82) is 0 Å². The van der Waals surface area contributed by atoms with Crippen LogP contribution in [0.1, 0.15) is 5.56 Å². The maximum Gasteiger partial charge on any atom is 0.0907 e. The molecule has 0 aliphatic rings. The van der Waals surface area contributed by atoms with Crippen LogP contribution in [0.4, 0.5) is 5.69 Å². The monoisotopic (exact) mass is 196 g/mol. The van der Waals surface area contributed by atoms with Crippen LogP contribution in [0.3, 0.4) is 0 Å². The highest BCUT2D eigenvalue weighted by molar-refractivity contribution is 6.31. The van der Waals surface area contributed by atoms with Crippen molar-refractivity contribution in [2.45, 2.75) is 6.92 Å². The lowest BCUT2D eigenvalue weighted by Gasteiger charge is -2.04. The average Bonchev–Trinajstić information content (AvgIpc) is 2.07. The van der Waals surface area contributed by atoms with Crippen LogP contribution in [0.2, 0.25) is 5.02 Å². The topological polar surface area (TPSA) is 15.6 Å². The molecule has 0 saturated heterocycles. The third-order valence-corrected chi connectivity index (χ3v) is 2.08. The first kappa shape index (κ1) is 10.1. The molecule has 1 rings (SSSR count). The van der Waals surface area contributed by atoms with E-state index in [1.165, 1.54) is 0 Å². The Morgan fingerprint density at radius 3 is 2.69 bits per heavy atom. The summed E-state index contributed by atoms with van der Waals surface area (Å²) in [5, 5.41) is 0.758. The van der Waals surface area contributed by atoms with Gasteiger partial charge in [0, 0.05) is 19.1 Å². The van der Waals surface area contributed by atoms with E-state index in [0.29, 0.717) is 0 Å². The largest absolute Gasteiger partial charge is 0.369 e. The van der Waals surface area contributed by atoms with E-state index >= 15 is 0 Å². The molecule has 0 atom stereocenters. The standard InChI is InChI=1S/C10H13ClN2/c1-8-9(11)5-4-6-10(8)12-7-13(2)3/h4-7H,1-3H3. The highest BCUT2D eigenvalue weighted by Gasteiger charge is 1.98. The van der Waals surface area contributed by atoms with Gasteiger partial charge in [-0.05, 0) is 24.6 Å². The first-order valence-corrected chi connectivity index (χ1v) is 4.45. The number of rotatable bonds is 2.